The van der Waals surface area contributed by atoms with Crippen molar-refractivity contribution < 1.29 is 18.3 Å². The number of allylic oxidation sites excluding steroid dienone is 3. The molecule has 0 N–H and O–H groups in total. The zero-order valence-corrected chi connectivity index (χ0v) is 33.1. The maximum Gasteiger partial charge on any atom is 0.192 e. The fourth-order valence-electron chi connectivity index (χ4n) is 7.74. The predicted molar refractivity (Wildman–Crippen MR) is 191 cm³/mol. The Kier molecular flexibility index (Phi) is 10.3. The summed E-state index contributed by atoms with van der Waals surface area (Å²) in [4.78, 5) is 0. The Hall–Kier alpha value is -0.506. The molecule has 4 nitrogen and oxygen atoms in total. The number of fused-ring (bicyclic) bond motifs is 1. The van der Waals surface area contributed by atoms with E-state index in [1.807, 2.05) is 0 Å². The van der Waals surface area contributed by atoms with Gasteiger partial charge in [0.2, 0.25) is 0 Å². The first-order chi connectivity index (χ1) is 20.0. The fourth-order valence-corrected chi connectivity index (χ4v) is 10.4. The molecule has 6 heteroatoms. The summed E-state index contributed by atoms with van der Waals surface area (Å²) in [7, 11) is -3.90. The minimum atomic E-state index is -1.98. The average molecular weight is 645 g/mol. The minimum Gasteiger partial charge on any atom is -0.413 e. The zero-order valence-electron chi connectivity index (χ0n) is 31.1. The molecule has 4 rings (SSSR count). The molecule has 0 spiro atoms. The van der Waals surface area contributed by atoms with Gasteiger partial charge in [-0.2, -0.15) is 0 Å². The van der Waals surface area contributed by atoms with E-state index in [1.54, 1.807) is 5.57 Å². The van der Waals surface area contributed by atoms with Crippen LogP contribution >= 0.6 is 0 Å². The third-order valence-electron chi connectivity index (χ3n) is 13.0. The lowest BCUT2D eigenvalue weighted by atomic mass is 9.62. The molecule has 1 saturated heterocycles. The van der Waals surface area contributed by atoms with Gasteiger partial charge in [0.25, 0.3) is 0 Å². The van der Waals surface area contributed by atoms with Crippen LogP contribution in [0.4, 0.5) is 0 Å². The average Bonchev–Trinajstić information content (AvgIpc) is 3.32. The van der Waals surface area contributed by atoms with Crippen molar-refractivity contribution in [2.45, 2.75) is 180 Å². The van der Waals surface area contributed by atoms with E-state index >= 15 is 0 Å². The molecule has 2 unspecified atom stereocenters. The Morgan fingerprint density at radius 3 is 2.11 bits per heavy atom. The number of hydrogen-bond acceptors (Lipinski definition) is 4. The molecule has 0 aromatic heterocycles. The first-order valence-corrected chi connectivity index (χ1v) is 23.5. The molecular weight excluding hydrogens is 577 g/mol. The van der Waals surface area contributed by atoms with Crippen LogP contribution in [-0.2, 0) is 18.3 Å². The van der Waals surface area contributed by atoms with Gasteiger partial charge in [0.1, 0.15) is 6.10 Å². The molecule has 1 aliphatic heterocycles. The predicted octanol–water partition coefficient (Wildman–Crippen LogP) is 10.8. The topological polar surface area (TPSA) is 40.2 Å². The Balaban J connectivity index is 1.55. The summed E-state index contributed by atoms with van der Waals surface area (Å²) >= 11 is 0. The van der Waals surface area contributed by atoms with Crippen LogP contribution in [-0.4, -0.2) is 53.3 Å². The van der Waals surface area contributed by atoms with Gasteiger partial charge >= 0.3 is 0 Å². The second-order valence-electron chi connectivity index (χ2n) is 18.6. The van der Waals surface area contributed by atoms with Gasteiger partial charge in [0.05, 0.1) is 30.5 Å². The van der Waals surface area contributed by atoms with Crippen molar-refractivity contribution in [3.05, 3.63) is 35.5 Å². The molecular formula is C38H68O4Si2. The third kappa shape index (κ3) is 7.62. The molecule has 4 fully saturated rings. The molecule has 7 atom stereocenters. The minimum absolute atomic E-state index is 0.0112. The Labute approximate surface area is 274 Å². The van der Waals surface area contributed by atoms with Gasteiger partial charge in [0.15, 0.2) is 16.6 Å². The molecule has 3 saturated carbocycles. The van der Waals surface area contributed by atoms with Crippen LogP contribution in [0.25, 0.3) is 0 Å². The van der Waals surface area contributed by atoms with Gasteiger partial charge in [-0.1, -0.05) is 72.8 Å². The molecule has 0 aromatic carbocycles. The Morgan fingerprint density at radius 1 is 0.955 bits per heavy atom. The van der Waals surface area contributed by atoms with Crippen molar-refractivity contribution >= 4 is 16.6 Å². The zero-order chi connectivity index (χ0) is 33.1. The highest BCUT2D eigenvalue weighted by Crippen LogP contribution is 2.59. The number of ether oxygens (including phenoxy) is 2. The lowest BCUT2D eigenvalue weighted by molar-refractivity contribution is -0.0296. The summed E-state index contributed by atoms with van der Waals surface area (Å²) in [6.07, 6.45) is 13.8. The standard InChI is InChI=1S/C38H68O4Si2/c1-26-29(23-30(41-43(12,13)35(3,4)5)24-33(26)42-44(14,15)36(6,7)8)19-18-28-17-16-22-38(11)31(20-21-32(28)38)27(2)39-25-34-37(9,10)40-34/h18-19,27,30-34H,1,16-17,20-25H2,2-15H3/t27-,30+,31+,32?,33-,34?,38+/m0/s1. The molecule has 1 heterocycles. The summed E-state index contributed by atoms with van der Waals surface area (Å²) < 4.78 is 26.4. The first kappa shape index (κ1) is 36.3. The van der Waals surface area contributed by atoms with E-state index in [4.69, 9.17) is 18.3 Å². The van der Waals surface area contributed by atoms with Crippen molar-refractivity contribution in [1.82, 2.24) is 0 Å². The Morgan fingerprint density at radius 2 is 1.55 bits per heavy atom. The molecule has 0 aromatic rings. The number of epoxide rings is 1. The van der Waals surface area contributed by atoms with Gasteiger partial charge in [-0.3, -0.25) is 0 Å². The molecule has 0 bridgehead atoms. The maximum atomic E-state index is 7.08. The van der Waals surface area contributed by atoms with Crippen molar-refractivity contribution in [1.29, 1.82) is 0 Å². The van der Waals surface area contributed by atoms with Gasteiger partial charge in [-0.05, 0) is 124 Å². The highest BCUT2D eigenvalue weighted by atomic mass is 28.4. The van der Waals surface area contributed by atoms with Crippen LogP contribution in [0.1, 0.15) is 114 Å². The molecule has 3 aliphatic carbocycles. The summed E-state index contributed by atoms with van der Waals surface area (Å²) in [6.45, 7) is 38.1. The van der Waals surface area contributed by atoms with Crippen LogP contribution in [0.5, 0.6) is 0 Å². The second-order valence-corrected chi connectivity index (χ2v) is 28.1. The van der Waals surface area contributed by atoms with Crippen molar-refractivity contribution in [2.75, 3.05) is 6.61 Å². The third-order valence-corrected chi connectivity index (χ3v) is 22.0. The molecule has 4 aliphatic rings. The quantitative estimate of drug-likeness (QED) is 0.185. The van der Waals surface area contributed by atoms with E-state index in [9.17, 15) is 0 Å². The largest absolute Gasteiger partial charge is 0.413 e. The van der Waals surface area contributed by atoms with Crippen LogP contribution in [0.15, 0.2) is 35.5 Å². The van der Waals surface area contributed by atoms with Crippen LogP contribution in [0, 0.1) is 17.3 Å². The molecule has 252 valence electrons. The van der Waals surface area contributed by atoms with Gasteiger partial charge in [-0.25, -0.2) is 0 Å². The van der Waals surface area contributed by atoms with E-state index in [1.165, 1.54) is 43.3 Å². The SMILES string of the molecule is C=C1C(=CC=C2CCC[C@@]3(C)C2CC[C@@H]3[C@H](C)OCC2OC2(C)C)C[C@@H](O[Si](C)(C)C(C)(C)C)C[C@@H]1O[Si](C)(C)C(C)(C)C. The lowest BCUT2D eigenvalue weighted by Gasteiger charge is -2.45. The number of hydrogen-bond donors (Lipinski definition) is 0. The van der Waals surface area contributed by atoms with E-state index in [0.717, 1.165) is 19.4 Å². The Bertz CT molecular complexity index is 1120. The normalized spacial score (nSPS) is 35.7. The number of rotatable bonds is 9. The van der Waals surface area contributed by atoms with Crippen molar-refractivity contribution in [2.24, 2.45) is 17.3 Å². The van der Waals surface area contributed by atoms with Gasteiger partial charge in [0, 0.05) is 6.42 Å². The highest BCUT2D eigenvalue weighted by Gasteiger charge is 2.53. The maximum absolute atomic E-state index is 7.08. The fraction of sp³-hybridized carbons (Fsp3) is 0.842. The smallest absolute Gasteiger partial charge is 0.192 e. The first-order valence-electron chi connectivity index (χ1n) is 17.7. The van der Waals surface area contributed by atoms with E-state index in [0.29, 0.717) is 17.3 Å². The molecule has 0 amide bonds. The summed E-state index contributed by atoms with van der Waals surface area (Å²) in [5.41, 5.74) is 4.43. The molecule has 0 radical (unpaired) electrons. The van der Waals surface area contributed by atoms with Crippen molar-refractivity contribution in [3.63, 3.8) is 0 Å². The van der Waals surface area contributed by atoms with Crippen molar-refractivity contribution in [3.8, 4) is 0 Å². The van der Waals surface area contributed by atoms with Crippen LogP contribution < -0.4 is 0 Å². The van der Waals surface area contributed by atoms with E-state index in [-0.39, 0.29) is 40.1 Å². The molecule has 44 heavy (non-hydrogen) atoms. The van der Waals surface area contributed by atoms with Crippen LogP contribution in [0.2, 0.25) is 36.3 Å². The van der Waals surface area contributed by atoms with E-state index < -0.39 is 16.6 Å². The van der Waals surface area contributed by atoms with Gasteiger partial charge < -0.3 is 18.3 Å². The second kappa shape index (κ2) is 12.5. The summed E-state index contributed by atoms with van der Waals surface area (Å²) in [5, 5.41) is 0.331. The summed E-state index contributed by atoms with van der Waals surface area (Å²) in [6, 6.07) is 0. The summed E-state index contributed by atoms with van der Waals surface area (Å²) in [5.74, 6) is 1.23. The monoisotopic (exact) mass is 644 g/mol. The van der Waals surface area contributed by atoms with Gasteiger partial charge in [-0.15, -0.1) is 0 Å². The van der Waals surface area contributed by atoms with Crippen LogP contribution in [0.3, 0.4) is 0 Å². The van der Waals surface area contributed by atoms with E-state index in [2.05, 4.69) is 114 Å². The highest BCUT2D eigenvalue weighted by molar-refractivity contribution is 6.74. The lowest BCUT2D eigenvalue weighted by Crippen LogP contribution is -2.49.